The van der Waals surface area contributed by atoms with Crippen molar-refractivity contribution < 1.29 is 72.9 Å². The summed E-state index contributed by atoms with van der Waals surface area (Å²) in [5, 5.41) is 52.1. The molecule has 15 atom stereocenters. The maximum Gasteiger partial charge on any atom is 0.254 e. The number of hydrogen-bond donors (Lipinski definition) is 7. The van der Waals surface area contributed by atoms with Crippen LogP contribution >= 0.6 is 0 Å². The van der Waals surface area contributed by atoms with E-state index in [1.165, 1.54) is 58.0 Å². The lowest BCUT2D eigenvalue weighted by atomic mass is 10.1. The van der Waals surface area contributed by atoms with Crippen LogP contribution in [-0.4, -0.2) is 199 Å². The highest BCUT2D eigenvalue weighted by Gasteiger charge is 2.54. The van der Waals surface area contributed by atoms with Crippen molar-refractivity contribution in [3.63, 3.8) is 0 Å². The van der Waals surface area contributed by atoms with Gasteiger partial charge in [-0.3, -0.25) is 52.2 Å². The quantitative estimate of drug-likeness (QED) is 0.0527. The minimum atomic E-state index is -1.15. The minimum absolute atomic E-state index is 0.0324. The van der Waals surface area contributed by atoms with Crippen LogP contribution in [0.25, 0.3) is 32.7 Å². The highest BCUT2D eigenvalue weighted by molar-refractivity contribution is 5.82. The van der Waals surface area contributed by atoms with Crippen molar-refractivity contribution in [1.82, 2.24) is 63.1 Å². The summed E-state index contributed by atoms with van der Waals surface area (Å²) in [6.07, 6.45) is 14.3. The Hall–Kier alpha value is -12.3. The Kier molecular flexibility index (Phi) is 35.4. The second kappa shape index (κ2) is 46.0. The molecule has 0 bridgehead atoms. The number of benzene rings is 3. The SMILES string of the molecule is CC.CC.CC.CCC1=C[C@@H](n2cnc(C)cc2=O)[C@@H]2OC(C)(C)O[C@H]12.CCC1=C[C@H](O)[C@@H]2OC(C)(C)O[C@H]12.Cc1cc(=O)[nH]cn1.Cc1cc(=O)n([C@@H]2C=C(CO)[C@H]3OC(C)(C)O[C@H]32)cn1.Cc1cc(=O)n([C@@H]2C=C(COc3ccc4ccc(C)nc4c3)[C@H]3OC(C)(C)O[C@H]32)cn1.Cc1cc(=O)n([C@@H]2C=C(COc3ccc4ccc(N)nc4c3)[C@@H](O)[C@H]2O)cn1.Cc1ccc2ccc(O)cc2n1. The van der Waals surface area contributed by atoms with E-state index in [9.17, 15) is 49.5 Å². The van der Waals surface area contributed by atoms with Gasteiger partial charge >= 0.3 is 0 Å². The summed E-state index contributed by atoms with van der Waals surface area (Å²) in [5.74, 6) is -0.634. The number of aromatic nitrogens is 13. The van der Waals surface area contributed by atoms with Gasteiger partial charge in [0.2, 0.25) is 0 Å². The molecule has 12 heterocycles. The molecule has 138 heavy (non-hydrogen) atoms. The number of aromatic hydroxyl groups is 1. The average molecular weight is 1900 g/mol. The van der Waals surface area contributed by atoms with Crippen LogP contribution in [0.2, 0.25) is 0 Å². The maximum absolute atomic E-state index is 12.6. The Morgan fingerprint density at radius 3 is 1.14 bits per heavy atom. The number of H-pyrrole nitrogens is 1. The molecule has 8 aromatic heterocycles. The summed E-state index contributed by atoms with van der Waals surface area (Å²) in [6, 6.07) is 34.1. The number of phenolic OH excluding ortho intramolecular Hbond substituents is 1. The normalized spacial score (nSPS) is 24.4. The van der Waals surface area contributed by atoms with Gasteiger partial charge in [-0.1, -0.05) is 97.9 Å². The molecule has 4 fully saturated rings. The lowest BCUT2D eigenvalue weighted by Gasteiger charge is -2.22. The zero-order valence-electron chi connectivity index (χ0n) is 82.8. The summed E-state index contributed by atoms with van der Waals surface area (Å²) >= 11 is 0. The number of nitrogens with two attached hydrogens (primary N) is 1. The van der Waals surface area contributed by atoms with Gasteiger partial charge in [-0.25, -0.2) is 29.9 Å². The average Bonchev–Trinajstić information content (AvgIpc) is 1.62. The van der Waals surface area contributed by atoms with Crippen LogP contribution in [0.15, 0.2) is 235 Å². The number of aliphatic hydroxyl groups excluding tert-OH is 4. The fourth-order valence-corrected chi connectivity index (χ4v) is 17.2. The topological polar surface area (TPSA) is 443 Å². The molecule has 0 spiro atoms. The lowest BCUT2D eigenvalue weighted by molar-refractivity contribution is -0.153. The molecule has 8 N–H and O–H groups in total. The van der Waals surface area contributed by atoms with Crippen molar-refractivity contribution in [2.24, 2.45) is 0 Å². The number of hydrogen-bond acceptors (Lipinski definition) is 29. The molecule has 0 unspecified atom stereocenters. The predicted octanol–water partition coefficient (Wildman–Crippen LogP) is 13.6. The highest BCUT2D eigenvalue weighted by Crippen LogP contribution is 2.47. The van der Waals surface area contributed by atoms with E-state index >= 15 is 0 Å². The van der Waals surface area contributed by atoms with E-state index in [2.05, 4.69) is 70.8 Å². The number of nitrogens with one attached hydrogen (secondary N) is 1. The lowest BCUT2D eigenvalue weighted by Crippen LogP contribution is -2.35. The van der Waals surface area contributed by atoms with E-state index in [4.69, 9.17) is 53.1 Å². The molecule has 20 rings (SSSR count). The van der Waals surface area contributed by atoms with Crippen LogP contribution in [0.1, 0.15) is 188 Å². The molecule has 34 heteroatoms. The Morgan fingerprint density at radius 2 is 0.725 bits per heavy atom. The highest BCUT2D eigenvalue weighted by atomic mass is 16.8. The van der Waals surface area contributed by atoms with E-state index in [1.54, 1.807) is 92.0 Å². The van der Waals surface area contributed by atoms with Crippen molar-refractivity contribution in [2.45, 2.75) is 287 Å². The first-order chi connectivity index (χ1) is 65.6. The number of phenols is 1. The Balaban J connectivity index is 0.000000158. The number of aromatic amines is 1. The molecule has 4 aliphatic heterocycles. The summed E-state index contributed by atoms with van der Waals surface area (Å²) in [5.41, 5.74) is 17.4. The van der Waals surface area contributed by atoms with Crippen molar-refractivity contribution in [3.8, 4) is 17.2 Å². The first-order valence-corrected chi connectivity index (χ1v) is 46.8. The van der Waals surface area contributed by atoms with Gasteiger partial charge in [-0.2, -0.15) is 0 Å². The van der Waals surface area contributed by atoms with Gasteiger partial charge in [0.25, 0.3) is 27.8 Å². The smallest absolute Gasteiger partial charge is 0.254 e. The van der Waals surface area contributed by atoms with Crippen molar-refractivity contribution in [3.05, 3.63) is 303 Å². The largest absolute Gasteiger partial charge is 0.508 e. The van der Waals surface area contributed by atoms with Gasteiger partial charge in [0.1, 0.15) is 103 Å². The van der Waals surface area contributed by atoms with Crippen LogP contribution in [0.5, 0.6) is 17.2 Å². The van der Waals surface area contributed by atoms with Gasteiger partial charge in [0.15, 0.2) is 23.1 Å². The fourth-order valence-electron chi connectivity index (χ4n) is 17.2. The van der Waals surface area contributed by atoms with Crippen LogP contribution in [0.3, 0.4) is 0 Å². The van der Waals surface area contributed by atoms with E-state index in [1.807, 2.05) is 191 Å². The van der Waals surface area contributed by atoms with Gasteiger partial charge in [-0.15, -0.1) is 0 Å². The summed E-state index contributed by atoms with van der Waals surface area (Å²) in [6.45, 7) is 44.2. The van der Waals surface area contributed by atoms with Gasteiger partial charge in [0.05, 0.1) is 79.0 Å². The standard InChI is InChI=1S/C24H25N3O4.C20H20N4O4.C15H20N2O3.C14H18N2O4.C10H9NO.C10H16O3.C5H6N2O.3C2H6/c1-14-5-6-16-7-8-18(11-19(16)26-14)29-12-17-10-20(23-22(17)30-24(3,4)31-23)27-13-25-15(2)9-21(27)28;1-11-6-18(25)24(10-22-11)16-7-13(19(26)20(16)27)9-28-14-4-2-12-3-5-17(21)23-15(12)8-14;1-5-10-7-11(14-13(10)19-15(3,4)20-14)17-8-16-9(2)6-12(17)18;1-8-4-11(18)16(7-15-8)10-5-9(6-17)12-13(10)20-14(2,3)19-12;1-7-2-3-8-4-5-9(12)6-10(8)11-7;1-4-6-5-7(11)9-8(6)12-10(2,3)13-9;1-4-2-5(8)7-3-6-4;3*1-2/h5-11,13,20,22-23H,12H2,1-4H3;2-8,10,16,19-20,26-27H,9H2,1H3,(H2,21,23);6-8,11,13-14H,5H2,1-4H3;4-5,7,10,12-13,17H,6H2,1-3H3;2-6,12H,1H3;5,7-9,11H,4H2,1-3H3;2-3H,1H3,(H,6,7,8);3*1-2H3/t20-,22-,23+;16-,19-,20+;11-,13-,14+;10-,12-,13+;;7-,8+,9-;;;;/m1111.0..../s1. The molecule has 0 amide bonds. The Bertz CT molecular complexity index is 6430. The van der Waals surface area contributed by atoms with Crippen LogP contribution in [0.4, 0.5) is 5.82 Å². The number of aryl methyl sites for hydroxylation is 7. The molecule has 5 aliphatic carbocycles. The molecular formula is C104H132N14O20. The molecule has 11 aromatic rings. The monoisotopic (exact) mass is 1900 g/mol. The fraction of sp³-hybridized carbons (Fsp3) is 0.452. The number of nitrogens with zero attached hydrogens (tertiary/aromatic N) is 12. The summed E-state index contributed by atoms with van der Waals surface area (Å²) in [4.78, 5) is 95.5. The Labute approximate surface area is 802 Å². The molecule has 9 aliphatic rings. The number of fused-ring (bicyclic) bond motifs is 7. The molecule has 4 saturated heterocycles. The molecular weight excluding hydrogens is 1770 g/mol. The van der Waals surface area contributed by atoms with Crippen LogP contribution < -0.4 is 43.0 Å². The molecule has 738 valence electrons. The van der Waals surface area contributed by atoms with E-state index in [0.29, 0.717) is 46.3 Å². The minimum Gasteiger partial charge on any atom is -0.508 e. The maximum atomic E-state index is 12.6. The van der Waals surface area contributed by atoms with E-state index < -0.39 is 47.5 Å². The number of ether oxygens (including phenoxy) is 10. The summed E-state index contributed by atoms with van der Waals surface area (Å²) < 4.78 is 65.2. The third kappa shape index (κ3) is 26.0. The predicted molar refractivity (Wildman–Crippen MR) is 526 cm³/mol. The van der Waals surface area contributed by atoms with E-state index in [0.717, 1.165) is 85.3 Å². The first kappa shape index (κ1) is 106. The number of pyridine rings is 3. The number of rotatable bonds is 13. The van der Waals surface area contributed by atoms with Crippen LogP contribution in [-0.2, 0) is 37.9 Å². The zero-order chi connectivity index (χ0) is 101. The summed E-state index contributed by atoms with van der Waals surface area (Å²) in [7, 11) is 0. The third-order valence-corrected chi connectivity index (χ3v) is 23.4. The third-order valence-electron chi connectivity index (χ3n) is 23.4. The van der Waals surface area contributed by atoms with E-state index in [-0.39, 0.29) is 114 Å². The van der Waals surface area contributed by atoms with Gasteiger partial charge < -0.3 is 83.6 Å². The van der Waals surface area contributed by atoms with Crippen LogP contribution in [0, 0.1) is 48.5 Å². The first-order valence-electron chi connectivity index (χ1n) is 46.8. The zero-order valence-corrected chi connectivity index (χ0v) is 82.8. The second-order valence-electron chi connectivity index (χ2n) is 35.5. The van der Waals surface area contributed by atoms with Crippen molar-refractivity contribution in [2.75, 3.05) is 25.6 Å². The molecule has 0 radical (unpaired) electrons. The van der Waals surface area contributed by atoms with Crippen molar-refractivity contribution in [1.29, 1.82) is 0 Å². The number of anilines is 1. The van der Waals surface area contributed by atoms with Gasteiger partial charge in [-0.05, 0) is 205 Å². The molecule has 3 aromatic carbocycles. The number of nitrogen functional groups attached to an aromatic ring is 1. The number of aliphatic hydroxyl groups is 4. The Morgan fingerprint density at radius 1 is 0.384 bits per heavy atom. The second-order valence-corrected chi connectivity index (χ2v) is 35.5. The van der Waals surface area contributed by atoms with Gasteiger partial charge in [0, 0.05) is 105 Å². The molecule has 34 nitrogen and oxygen atoms in total. The van der Waals surface area contributed by atoms with Crippen molar-refractivity contribution >= 4 is 38.5 Å². The molecule has 0 saturated carbocycles.